The number of carboxylic acids is 1. The SMILES string of the molecule is O=C(O)Cc1cc(Sc2ccc([N+](=O)[O-])cc2)ccc1I. The van der Waals surface area contributed by atoms with Crippen LogP contribution in [0.1, 0.15) is 5.56 Å². The number of non-ortho nitro benzene ring substituents is 1. The molecule has 0 saturated carbocycles. The summed E-state index contributed by atoms with van der Waals surface area (Å²) in [6.45, 7) is 0. The number of carbonyl (C=O) groups is 1. The van der Waals surface area contributed by atoms with Gasteiger partial charge < -0.3 is 5.11 Å². The summed E-state index contributed by atoms with van der Waals surface area (Å²) in [5, 5.41) is 19.5. The molecule has 5 nitrogen and oxygen atoms in total. The number of benzene rings is 2. The number of nitro groups is 1. The second-order valence-corrected chi connectivity index (χ2v) is 6.49. The molecule has 21 heavy (non-hydrogen) atoms. The van der Waals surface area contributed by atoms with E-state index >= 15 is 0 Å². The smallest absolute Gasteiger partial charge is 0.307 e. The first-order valence-corrected chi connectivity index (χ1v) is 7.78. The molecule has 1 N–H and O–H groups in total. The van der Waals surface area contributed by atoms with Gasteiger partial charge in [-0.1, -0.05) is 11.8 Å². The summed E-state index contributed by atoms with van der Waals surface area (Å²) in [6, 6.07) is 11.9. The Kier molecular flexibility index (Phi) is 5.18. The second kappa shape index (κ2) is 6.90. The van der Waals surface area contributed by atoms with Gasteiger partial charge >= 0.3 is 5.97 Å². The molecule has 2 rings (SSSR count). The molecule has 0 unspecified atom stereocenters. The van der Waals surface area contributed by atoms with Crippen molar-refractivity contribution in [1.82, 2.24) is 0 Å². The highest BCUT2D eigenvalue weighted by Gasteiger charge is 2.08. The maximum atomic E-state index is 10.8. The molecule has 7 heteroatoms. The number of nitrogens with zero attached hydrogens (tertiary/aromatic N) is 1. The lowest BCUT2D eigenvalue weighted by molar-refractivity contribution is -0.384. The average Bonchev–Trinajstić information content (AvgIpc) is 2.42. The van der Waals surface area contributed by atoms with Crippen LogP contribution in [0.15, 0.2) is 52.3 Å². The normalized spacial score (nSPS) is 10.3. The Hall–Kier alpha value is -1.61. The number of hydrogen-bond donors (Lipinski definition) is 1. The van der Waals surface area contributed by atoms with Gasteiger partial charge in [0, 0.05) is 25.5 Å². The molecule has 0 heterocycles. The largest absolute Gasteiger partial charge is 0.481 e. The monoisotopic (exact) mass is 415 g/mol. The van der Waals surface area contributed by atoms with Crippen LogP contribution in [0, 0.1) is 13.7 Å². The Morgan fingerprint density at radius 2 is 1.81 bits per heavy atom. The van der Waals surface area contributed by atoms with Gasteiger partial charge in [0.2, 0.25) is 0 Å². The maximum Gasteiger partial charge on any atom is 0.307 e. The third-order valence-corrected chi connectivity index (χ3v) is 4.69. The summed E-state index contributed by atoms with van der Waals surface area (Å²) < 4.78 is 0.906. The fourth-order valence-electron chi connectivity index (χ4n) is 1.68. The molecule has 0 atom stereocenters. The molecular formula is C14H10INO4S. The van der Waals surface area contributed by atoms with Crippen LogP contribution in [0.5, 0.6) is 0 Å². The Labute approximate surface area is 138 Å². The quantitative estimate of drug-likeness (QED) is 0.454. The van der Waals surface area contributed by atoms with Gasteiger partial charge in [-0.25, -0.2) is 0 Å². The van der Waals surface area contributed by atoms with Crippen molar-refractivity contribution < 1.29 is 14.8 Å². The van der Waals surface area contributed by atoms with E-state index in [1.54, 1.807) is 12.1 Å². The van der Waals surface area contributed by atoms with Crippen LogP contribution < -0.4 is 0 Å². The van der Waals surface area contributed by atoms with Crippen molar-refractivity contribution in [2.24, 2.45) is 0 Å². The van der Waals surface area contributed by atoms with Gasteiger partial charge in [-0.05, 0) is 58.5 Å². The highest BCUT2D eigenvalue weighted by atomic mass is 127. The summed E-state index contributed by atoms with van der Waals surface area (Å²) in [6.07, 6.45) is -0.0209. The second-order valence-electron chi connectivity index (χ2n) is 4.18. The zero-order chi connectivity index (χ0) is 15.4. The fourth-order valence-corrected chi connectivity index (χ4v) is 3.09. The van der Waals surface area contributed by atoms with Crippen LogP contribution in [0.3, 0.4) is 0 Å². The van der Waals surface area contributed by atoms with Gasteiger partial charge in [-0.15, -0.1) is 0 Å². The van der Waals surface area contributed by atoms with Crippen LogP contribution in [-0.4, -0.2) is 16.0 Å². The molecule has 0 aliphatic carbocycles. The minimum Gasteiger partial charge on any atom is -0.481 e. The van der Waals surface area contributed by atoms with E-state index in [2.05, 4.69) is 22.6 Å². The third-order valence-electron chi connectivity index (χ3n) is 2.64. The predicted molar refractivity (Wildman–Crippen MR) is 87.7 cm³/mol. The van der Waals surface area contributed by atoms with E-state index in [-0.39, 0.29) is 12.1 Å². The van der Waals surface area contributed by atoms with E-state index < -0.39 is 10.9 Å². The molecule has 0 aromatic heterocycles. The summed E-state index contributed by atoms with van der Waals surface area (Å²) in [5.41, 5.74) is 0.809. The number of halogens is 1. The fraction of sp³-hybridized carbons (Fsp3) is 0.0714. The molecule has 0 fully saturated rings. The maximum absolute atomic E-state index is 10.8. The lowest BCUT2D eigenvalue weighted by Crippen LogP contribution is -2.01. The van der Waals surface area contributed by atoms with E-state index in [4.69, 9.17) is 5.11 Å². The van der Waals surface area contributed by atoms with Crippen molar-refractivity contribution >= 4 is 46.0 Å². The molecule has 108 valence electrons. The Morgan fingerprint density at radius 3 is 2.38 bits per heavy atom. The Morgan fingerprint density at radius 1 is 1.19 bits per heavy atom. The highest BCUT2D eigenvalue weighted by molar-refractivity contribution is 14.1. The van der Waals surface area contributed by atoms with E-state index in [1.165, 1.54) is 23.9 Å². The number of hydrogen-bond acceptors (Lipinski definition) is 4. The summed E-state index contributed by atoms with van der Waals surface area (Å²) in [5.74, 6) is -0.870. The number of nitro benzene ring substituents is 1. The van der Waals surface area contributed by atoms with Crippen LogP contribution in [0.4, 0.5) is 5.69 Å². The zero-order valence-corrected chi connectivity index (χ0v) is 13.6. The lowest BCUT2D eigenvalue weighted by atomic mass is 10.1. The standard InChI is InChI=1S/C14H10INO4S/c15-13-6-5-12(7-9(13)8-14(17)18)21-11-3-1-10(2-4-11)16(19)20/h1-7H,8H2,(H,17,18). The zero-order valence-electron chi connectivity index (χ0n) is 10.7. The van der Waals surface area contributed by atoms with Gasteiger partial charge in [0.1, 0.15) is 0 Å². The van der Waals surface area contributed by atoms with Crippen LogP contribution in [-0.2, 0) is 11.2 Å². The number of carboxylic acid groups (broad SMARTS) is 1. The number of rotatable bonds is 5. The van der Waals surface area contributed by atoms with Crippen molar-refractivity contribution in [3.05, 3.63) is 61.7 Å². The third kappa shape index (κ3) is 4.43. The molecule has 0 saturated heterocycles. The van der Waals surface area contributed by atoms with Gasteiger partial charge in [0.25, 0.3) is 5.69 Å². The van der Waals surface area contributed by atoms with Crippen molar-refractivity contribution in [2.75, 3.05) is 0 Å². The first-order valence-electron chi connectivity index (χ1n) is 5.88. The van der Waals surface area contributed by atoms with Gasteiger partial charge in [-0.3, -0.25) is 14.9 Å². The molecule has 0 radical (unpaired) electrons. The summed E-state index contributed by atoms with van der Waals surface area (Å²) in [4.78, 5) is 22.7. The molecule has 0 spiro atoms. The molecular weight excluding hydrogens is 405 g/mol. The van der Waals surface area contributed by atoms with Crippen molar-refractivity contribution in [2.45, 2.75) is 16.2 Å². The van der Waals surface area contributed by atoms with Gasteiger partial charge in [0.15, 0.2) is 0 Å². The van der Waals surface area contributed by atoms with Crippen LogP contribution >= 0.6 is 34.4 Å². The highest BCUT2D eigenvalue weighted by Crippen LogP contribution is 2.30. The van der Waals surface area contributed by atoms with E-state index in [0.717, 1.165) is 18.9 Å². The molecule has 0 aliphatic rings. The van der Waals surface area contributed by atoms with E-state index in [0.29, 0.717) is 0 Å². The van der Waals surface area contributed by atoms with Crippen molar-refractivity contribution in [1.29, 1.82) is 0 Å². The van der Waals surface area contributed by atoms with Crippen LogP contribution in [0.25, 0.3) is 0 Å². The van der Waals surface area contributed by atoms with Crippen molar-refractivity contribution in [3.63, 3.8) is 0 Å². The predicted octanol–water partition coefficient (Wildman–Crippen LogP) is 3.98. The van der Waals surface area contributed by atoms with E-state index in [1.807, 2.05) is 18.2 Å². The van der Waals surface area contributed by atoms with E-state index in [9.17, 15) is 14.9 Å². The molecule has 0 amide bonds. The first-order chi connectivity index (χ1) is 9.95. The molecule has 2 aromatic rings. The molecule has 2 aromatic carbocycles. The minimum atomic E-state index is -0.870. The lowest BCUT2D eigenvalue weighted by Gasteiger charge is -2.06. The average molecular weight is 415 g/mol. The summed E-state index contributed by atoms with van der Waals surface area (Å²) >= 11 is 3.54. The Balaban J connectivity index is 2.19. The Bertz CT molecular complexity index is 688. The first kappa shape index (κ1) is 15.8. The van der Waals surface area contributed by atoms with Gasteiger partial charge in [-0.2, -0.15) is 0 Å². The molecule has 0 aliphatic heterocycles. The van der Waals surface area contributed by atoms with Gasteiger partial charge in [0.05, 0.1) is 11.3 Å². The van der Waals surface area contributed by atoms with Crippen molar-refractivity contribution in [3.8, 4) is 0 Å². The molecule has 0 bridgehead atoms. The minimum absolute atomic E-state index is 0.0209. The van der Waals surface area contributed by atoms with Crippen LogP contribution in [0.2, 0.25) is 0 Å². The number of aliphatic carboxylic acids is 1. The summed E-state index contributed by atoms with van der Waals surface area (Å²) in [7, 11) is 0. The topological polar surface area (TPSA) is 80.4 Å².